The fraction of sp³-hybridized carbons (Fsp3) is 0.704. The lowest BCUT2D eigenvalue weighted by Crippen LogP contribution is -2.52. The number of rotatable bonds is 7. The van der Waals surface area contributed by atoms with Crippen molar-refractivity contribution in [3.63, 3.8) is 0 Å². The molecule has 1 aliphatic carbocycles. The number of hydrogen-bond acceptors (Lipinski definition) is 9. The Morgan fingerprint density at radius 2 is 1.27 bits per heavy atom. The third-order valence-electron chi connectivity index (χ3n) is 8.83. The average Bonchev–Trinajstić information content (AvgIpc) is 3.08. The van der Waals surface area contributed by atoms with Crippen LogP contribution in [0.3, 0.4) is 0 Å². The Morgan fingerprint density at radius 1 is 0.875 bits per heavy atom. The molecular weight excluding hydrogens is 534 g/mol. The van der Waals surface area contributed by atoms with Crippen LogP contribution >= 0.6 is 0 Å². The van der Waals surface area contributed by atoms with Crippen molar-refractivity contribution in [3.05, 3.63) is 28.8 Å². The van der Waals surface area contributed by atoms with E-state index in [0.29, 0.717) is 16.8 Å². The van der Waals surface area contributed by atoms with Crippen molar-refractivity contribution in [3.8, 4) is 0 Å². The lowest BCUT2D eigenvalue weighted by Gasteiger charge is -2.32. The van der Waals surface area contributed by atoms with Crippen LogP contribution in [0.2, 0.25) is 0 Å². The van der Waals surface area contributed by atoms with Gasteiger partial charge < -0.3 is 23.4 Å². The van der Waals surface area contributed by atoms with Crippen molar-refractivity contribution in [1.29, 1.82) is 0 Å². The number of benzene rings is 1. The number of aryl methyl sites for hydroxylation is 3. The van der Waals surface area contributed by atoms with Crippen LogP contribution in [-0.2, 0) is 38.2 Å². The highest BCUT2D eigenvalue weighted by Crippen LogP contribution is 2.43. The molecule has 0 amide bonds. The van der Waals surface area contributed by atoms with Crippen LogP contribution in [0.4, 0.5) is 0 Å². The SMILES string of the molecule is Cc1cc(C)c(S(=O)(=O)NN=C2CC(C(=O)OC(B3OC(C)(C)C(C)(C)O3)B3OC(C)(C)C(C)(C)O3)C2)c(C)c1. The van der Waals surface area contributed by atoms with Gasteiger partial charge in [-0.1, -0.05) is 17.7 Å². The average molecular weight is 576 g/mol. The maximum absolute atomic E-state index is 13.2. The van der Waals surface area contributed by atoms with Gasteiger partial charge in [0.15, 0.2) is 5.90 Å². The molecule has 1 N–H and O–H groups in total. The maximum atomic E-state index is 13.2. The van der Waals surface area contributed by atoms with E-state index < -0.39 is 64.5 Å². The van der Waals surface area contributed by atoms with Crippen LogP contribution in [0.15, 0.2) is 22.1 Å². The minimum atomic E-state index is -3.85. The molecule has 4 rings (SSSR count). The largest absolute Gasteiger partial charge is 0.499 e. The third-order valence-corrected chi connectivity index (χ3v) is 10.3. The summed E-state index contributed by atoms with van der Waals surface area (Å²) in [5.74, 6) is -1.93. The lowest BCUT2D eigenvalue weighted by atomic mass is 9.59. The molecule has 3 aliphatic rings. The monoisotopic (exact) mass is 576 g/mol. The van der Waals surface area contributed by atoms with Gasteiger partial charge in [-0.25, -0.2) is 4.83 Å². The van der Waals surface area contributed by atoms with Crippen LogP contribution in [0.25, 0.3) is 0 Å². The van der Waals surface area contributed by atoms with Crippen LogP contribution < -0.4 is 4.83 Å². The molecule has 1 aromatic carbocycles. The summed E-state index contributed by atoms with van der Waals surface area (Å²) in [5, 5.41) is 4.10. The van der Waals surface area contributed by atoms with Gasteiger partial charge in [0, 0.05) is 18.6 Å². The van der Waals surface area contributed by atoms with Crippen molar-refractivity contribution < 1.29 is 36.6 Å². The molecule has 0 spiro atoms. The molecule has 1 saturated carbocycles. The van der Waals surface area contributed by atoms with E-state index >= 15 is 0 Å². The molecule has 10 nitrogen and oxygen atoms in total. The minimum absolute atomic E-state index is 0.213. The Bertz CT molecular complexity index is 1230. The van der Waals surface area contributed by atoms with Gasteiger partial charge in [0.2, 0.25) is 0 Å². The van der Waals surface area contributed by atoms with Crippen LogP contribution in [-0.4, -0.2) is 62.6 Å². The molecule has 220 valence electrons. The summed E-state index contributed by atoms with van der Waals surface area (Å²) < 4.78 is 56.7. The molecule has 2 aliphatic heterocycles. The number of sulfonamides is 1. The van der Waals surface area contributed by atoms with E-state index in [1.165, 1.54) is 0 Å². The first-order chi connectivity index (χ1) is 18.2. The highest BCUT2D eigenvalue weighted by Gasteiger charge is 2.64. The number of esters is 1. The molecule has 2 saturated heterocycles. The Labute approximate surface area is 239 Å². The van der Waals surface area contributed by atoms with E-state index in [4.69, 9.17) is 23.4 Å². The first-order valence-corrected chi connectivity index (χ1v) is 15.2. The quantitative estimate of drug-likeness (QED) is 0.296. The predicted octanol–water partition coefficient (Wildman–Crippen LogP) is 3.83. The number of hydrazone groups is 1. The minimum Gasteiger partial charge on any atom is -0.467 e. The second-order valence-electron chi connectivity index (χ2n) is 13.3. The summed E-state index contributed by atoms with van der Waals surface area (Å²) in [7, 11) is -5.65. The second kappa shape index (κ2) is 10.1. The number of ether oxygens (including phenoxy) is 1. The van der Waals surface area contributed by atoms with Gasteiger partial charge in [0.1, 0.15) is 0 Å². The smallest absolute Gasteiger partial charge is 0.467 e. The van der Waals surface area contributed by atoms with Crippen molar-refractivity contribution in [1.82, 2.24) is 4.83 Å². The van der Waals surface area contributed by atoms with Gasteiger partial charge in [0.25, 0.3) is 10.0 Å². The van der Waals surface area contributed by atoms with Gasteiger partial charge in [0.05, 0.1) is 33.2 Å². The van der Waals surface area contributed by atoms with Gasteiger partial charge in [-0.15, -0.1) is 0 Å². The van der Waals surface area contributed by atoms with Gasteiger partial charge in [-0.3, -0.25) is 4.79 Å². The van der Waals surface area contributed by atoms with Crippen LogP contribution in [0.1, 0.15) is 84.9 Å². The molecule has 0 aromatic heterocycles. The van der Waals surface area contributed by atoms with E-state index in [2.05, 4.69) is 9.93 Å². The summed E-state index contributed by atoms with van der Waals surface area (Å²) in [6.45, 7) is 20.8. The Morgan fingerprint density at radius 3 is 1.68 bits per heavy atom. The molecule has 3 fully saturated rings. The number of hydrogen-bond donors (Lipinski definition) is 1. The maximum Gasteiger partial charge on any atom is 0.499 e. The molecule has 0 atom stereocenters. The molecule has 2 heterocycles. The van der Waals surface area contributed by atoms with Crippen molar-refractivity contribution in [2.75, 3.05) is 0 Å². The molecule has 13 heteroatoms. The van der Waals surface area contributed by atoms with Gasteiger partial charge in [-0.2, -0.15) is 13.5 Å². The molecule has 0 bridgehead atoms. The van der Waals surface area contributed by atoms with Crippen molar-refractivity contribution in [2.45, 2.75) is 122 Å². The fourth-order valence-electron chi connectivity index (χ4n) is 5.04. The van der Waals surface area contributed by atoms with Crippen LogP contribution in [0, 0.1) is 26.7 Å². The standard InChI is InChI=1S/C27H42B2N2O8S/c1-16-12-17(2)21(18(3)13-16)40(33,34)31-30-20-14-19(15-20)22(32)35-23(28-36-24(4,5)25(6,7)37-28)29-38-26(8,9)27(10,11)39-29/h12-13,19,23,31H,14-15H2,1-11H3. The van der Waals surface area contributed by atoms with E-state index in [9.17, 15) is 13.2 Å². The zero-order chi connectivity index (χ0) is 30.1. The normalized spacial score (nSPS) is 24.7. The highest BCUT2D eigenvalue weighted by molar-refractivity contribution is 7.89. The Kier molecular flexibility index (Phi) is 7.85. The summed E-state index contributed by atoms with van der Waals surface area (Å²) in [6, 6.07) is 3.64. The summed E-state index contributed by atoms with van der Waals surface area (Å²) in [5.41, 5.74) is 0.270. The Balaban J connectivity index is 1.44. The van der Waals surface area contributed by atoms with Gasteiger partial charge in [-0.05, 0) is 87.3 Å². The molecule has 0 unspecified atom stereocenters. The van der Waals surface area contributed by atoms with E-state index in [0.717, 1.165) is 5.56 Å². The summed E-state index contributed by atoms with van der Waals surface area (Å²) >= 11 is 0. The van der Waals surface area contributed by atoms with E-state index in [1.807, 2.05) is 74.4 Å². The number of nitrogens with zero attached hydrogens (tertiary/aromatic N) is 1. The zero-order valence-corrected chi connectivity index (χ0v) is 26.3. The lowest BCUT2D eigenvalue weighted by molar-refractivity contribution is -0.150. The molecule has 40 heavy (non-hydrogen) atoms. The van der Waals surface area contributed by atoms with Crippen molar-refractivity contribution in [2.24, 2.45) is 11.0 Å². The zero-order valence-electron chi connectivity index (χ0n) is 25.5. The highest BCUT2D eigenvalue weighted by atomic mass is 32.2. The molecule has 1 aromatic rings. The van der Waals surface area contributed by atoms with E-state index in [-0.39, 0.29) is 17.7 Å². The van der Waals surface area contributed by atoms with Crippen molar-refractivity contribution >= 4 is 35.9 Å². The first kappa shape index (κ1) is 31.0. The number of carbonyl (C=O) groups is 1. The summed E-state index contributed by atoms with van der Waals surface area (Å²) in [4.78, 5) is 15.8. The second-order valence-corrected chi connectivity index (χ2v) is 14.9. The molecular formula is C27H42B2N2O8S. The third kappa shape index (κ3) is 5.72. The number of carbonyl (C=O) groups excluding carboxylic acids is 1. The predicted molar refractivity (Wildman–Crippen MR) is 153 cm³/mol. The summed E-state index contributed by atoms with van der Waals surface area (Å²) in [6.07, 6.45) is 0.541. The number of nitrogens with one attached hydrogen (secondary N) is 1. The first-order valence-electron chi connectivity index (χ1n) is 13.7. The topological polar surface area (TPSA) is 122 Å². The fourth-order valence-corrected chi connectivity index (χ4v) is 6.35. The van der Waals surface area contributed by atoms with Gasteiger partial charge >= 0.3 is 20.2 Å². The Hall–Kier alpha value is -1.92. The van der Waals surface area contributed by atoms with E-state index in [1.54, 1.807) is 13.8 Å². The van der Waals surface area contributed by atoms with Crippen LogP contribution in [0.5, 0.6) is 0 Å². The molecule has 0 radical (unpaired) electrons.